The lowest BCUT2D eigenvalue weighted by molar-refractivity contribution is 0.186. The first kappa shape index (κ1) is 19.2. The maximum absolute atomic E-state index is 12.7. The van der Waals surface area contributed by atoms with Crippen LogP contribution >= 0.6 is 11.6 Å². The fourth-order valence-electron chi connectivity index (χ4n) is 3.94. The van der Waals surface area contributed by atoms with Crippen molar-refractivity contribution in [3.8, 4) is 0 Å². The standard InChI is InChI=1S/C19H29ClN2O2S/c20-19-7-5-18(6-8-19)16-25(23,24)22-13-9-17(10-14-22)15-21-11-3-1-2-4-12-21/h5-8,17H,1-4,9-16H2. The summed E-state index contributed by atoms with van der Waals surface area (Å²) in [6.45, 7) is 4.90. The highest BCUT2D eigenvalue weighted by Crippen LogP contribution is 2.24. The molecule has 1 aromatic carbocycles. The van der Waals surface area contributed by atoms with Crippen molar-refractivity contribution in [1.82, 2.24) is 9.21 Å². The number of likely N-dealkylation sites (tertiary alicyclic amines) is 1. The van der Waals surface area contributed by atoms with Crippen molar-refractivity contribution in [3.05, 3.63) is 34.9 Å². The predicted octanol–water partition coefficient (Wildman–Crippen LogP) is 3.76. The molecule has 0 aromatic heterocycles. The quantitative estimate of drug-likeness (QED) is 0.776. The number of nitrogens with zero attached hydrogens (tertiary/aromatic N) is 2. The van der Waals surface area contributed by atoms with Gasteiger partial charge >= 0.3 is 0 Å². The van der Waals surface area contributed by atoms with Crippen LogP contribution < -0.4 is 0 Å². The van der Waals surface area contributed by atoms with Crippen LogP contribution in [0.15, 0.2) is 24.3 Å². The largest absolute Gasteiger partial charge is 0.303 e. The van der Waals surface area contributed by atoms with Crippen LogP contribution in [0.3, 0.4) is 0 Å². The van der Waals surface area contributed by atoms with Crippen LogP contribution in [0.2, 0.25) is 5.02 Å². The zero-order valence-corrected chi connectivity index (χ0v) is 16.4. The van der Waals surface area contributed by atoms with Crippen molar-refractivity contribution < 1.29 is 8.42 Å². The molecule has 3 rings (SSSR count). The molecule has 0 bridgehead atoms. The summed E-state index contributed by atoms with van der Waals surface area (Å²) in [5, 5.41) is 0.635. The van der Waals surface area contributed by atoms with Gasteiger partial charge in [-0.05, 0) is 62.4 Å². The van der Waals surface area contributed by atoms with E-state index in [0.717, 1.165) is 24.9 Å². The Morgan fingerprint density at radius 2 is 1.52 bits per heavy atom. The molecule has 140 valence electrons. The molecule has 2 aliphatic rings. The van der Waals surface area contributed by atoms with Crippen molar-refractivity contribution >= 4 is 21.6 Å². The van der Waals surface area contributed by atoms with Crippen LogP contribution in [0.25, 0.3) is 0 Å². The van der Waals surface area contributed by atoms with E-state index < -0.39 is 10.0 Å². The molecular weight excluding hydrogens is 356 g/mol. The van der Waals surface area contributed by atoms with E-state index in [2.05, 4.69) is 4.90 Å². The molecule has 2 fully saturated rings. The zero-order valence-electron chi connectivity index (χ0n) is 14.9. The number of piperidine rings is 1. The third-order valence-corrected chi connectivity index (χ3v) is 7.55. The van der Waals surface area contributed by atoms with Gasteiger partial charge in [0.2, 0.25) is 10.0 Å². The number of hydrogen-bond donors (Lipinski definition) is 0. The Hall–Kier alpha value is -0.620. The number of sulfonamides is 1. The van der Waals surface area contributed by atoms with Gasteiger partial charge in [-0.1, -0.05) is 36.6 Å². The smallest absolute Gasteiger partial charge is 0.218 e. The van der Waals surface area contributed by atoms with Crippen molar-refractivity contribution in [2.75, 3.05) is 32.7 Å². The van der Waals surface area contributed by atoms with Crippen LogP contribution in [0.5, 0.6) is 0 Å². The minimum absolute atomic E-state index is 0.0704. The van der Waals surface area contributed by atoms with Crippen LogP contribution in [-0.4, -0.2) is 50.3 Å². The molecule has 0 amide bonds. The van der Waals surface area contributed by atoms with Crippen molar-refractivity contribution in [2.24, 2.45) is 5.92 Å². The molecule has 0 N–H and O–H groups in total. The Kier molecular flexibility index (Phi) is 6.78. The molecule has 2 saturated heterocycles. The second-order valence-corrected chi connectivity index (χ2v) is 9.85. The summed E-state index contributed by atoms with van der Waals surface area (Å²) < 4.78 is 27.0. The number of rotatable bonds is 5. The van der Waals surface area contributed by atoms with Gasteiger partial charge in [-0.3, -0.25) is 0 Å². The first-order valence-corrected chi connectivity index (χ1v) is 11.5. The van der Waals surface area contributed by atoms with Crippen molar-refractivity contribution in [1.29, 1.82) is 0 Å². The van der Waals surface area contributed by atoms with E-state index in [1.807, 2.05) is 0 Å². The summed E-state index contributed by atoms with van der Waals surface area (Å²) in [5.41, 5.74) is 0.802. The predicted molar refractivity (Wildman–Crippen MR) is 103 cm³/mol. The lowest BCUT2D eigenvalue weighted by Gasteiger charge is -2.34. The first-order chi connectivity index (χ1) is 12.0. The minimum Gasteiger partial charge on any atom is -0.303 e. The number of benzene rings is 1. The van der Waals surface area contributed by atoms with E-state index in [4.69, 9.17) is 11.6 Å². The summed E-state index contributed by atoms with van der Waals surface area (Å²) in [6, 6.07) is 7.09. The average Bonchev–Trinajstić information content (AvgIpc) is 2.86. The third-order valence-electron chi connectivity index (χ3n) is 5.44. The summed E-state index contributed by atoms with van der Waals surface area (Å²) in [6.07, 6.45) is 7.31. The lowest BCUT2D eigenvalue weighted by Crippen LogP contribution is -2.42. The average molecular weight is 385 g/mol. The Morgan fingerprint density at radius 3 is 2.12 bits per heavy atom. The third kappa shape index (κ3) is 5.68. The SMILES string of the molecule is O=S(=O)(Cc1ccc(Cl)cc1)N1CCC(CN2CCCCCC2)CC1. The molecule has 0 spiro atoms. The Bertz CT molecular complexity index is 632. The fourth-order valence-corrected chi connectivity index (χ4v) is 5.63. The van der Waals surface area contributed by atoms with E-state index in [9.17, 15) is 8.42 Å². The zero-order chi connectivity index (χ0) is 17.7. The van der Waals surface area contributed by atoms with Gasteiger partial charge in [0.25, 0.3) is 0 Å². The molecule has 0 atom stereocenters. The van der Waals surface area contributed by atoms with Gasteiger partial charge in [0.15, 0.2) is 0 Å². The van der Waals surface area contributed by atoms with Crippen LogP contribution in [0.1, 0.15) is 44.1 Å². The highest BCUT2D eigenvalue weighted by molar-refractivity contribution is 7.88. The van der Waals surface area contributed by atoms with Crippen LogP contribution in [0.4, 0.5) is 0 Å². The summed E-state index contributed by atoms with van der Waals surface area (Å²) >= 11 is 5.87. The second kappa shape index (κ2) is 8.85. The van der Waals surface area contributed by atoms with Gasteiger partial charge < -0.3 is 4.90 Å². The minimum atomic E-state index is -3.23. The number of halogens is 1. The lowest BCUT2D eigenvalue weighted by atomic mass is 9.97. The van der Waals surface area contributed by atoms with E-state index in [0.29, 0.717) is 24.0 Å². The molecule has 0 unspecified atom stereocenters. The molecule has 1 aromatic rings. The van der Waals surface area contributed by atoms with E-state index in [1.54, 1.807) is 28.6 Å². The molecule has 0 aliphatic carbocycles. The van der Waals surface area contributed by atoms with E-state index in [1.165, 1.54) is 38.8 Å². The topological polar surface area (TPSA) is 40.6 Å². The van der Waals surface area contributed by atoms with Crippen molar-refractivity contribution in [2.45, 2.75) is 44.3 Å². The maximum Gasteiger partial charge on any atom is 0.218 e. The highest BCUT2D eigenvalue weighted by atomic mass is 35.5. The van der Waals surface area contributed by atoms with E-state index in [-0.39, 0.29) is 5.75 Å². The normalized spacial score (nSPS) is 22.0. The molecule has 0 saturated carbocycles. The van der Waals surface area contributed by atoms with Gasteiger partial charge in [-0.2, -0.15) is 0 Å². The molecule has 2 heterocycles. The second-order valence-electron chi connectivity index (χ2n) is 7.44. The van der Waals surface area contributed by atoms with Gasteiger partial charge in [-0.15, -0.1) is 0 Å². The maximum atomic E-state index is 12.7. The van der Waals surface area contributed by atoms with Gasteiger partial charge in [0.05, 0.1) is 5.75 Å². The molecular formula is C19H29ClN2O2S. The van der Waals surface area contributed by atoms with Crippen molar-refractivity contribution in [3.63, 3.8) is 0 Å². The summed E-state index contributed by atoms with van der Waals surface area (Å²) in [7, 11) is -3.23. The molecule has 25 heavy (non-hydrogen) atoms. The Morgan fingerprint density at radius 1 is 0.920 bits per heavy atom. The first-order valence-electron chi connectivity index (χ1n) is 9.47. The Labute approximate surface area is 157 Å². The van der Waals surface area contributed by atoms with Crippen LogP contribution in [0, 0.1) is 5.92 Å². The highest BCUT2D eigenvalue weighted by Gasteiger charge is 2.29. The number of hydrogen-bond acceptors (Lipinski definition) is 3. The van der Waals surface area contributed by atoms with Gasteiger partial charge in [-0.25, -0.2) is 12.7 Å². The monoisotopic (exact) mass is 384 g/mol. The van der Waals surface area contributed by atoms with Gasteiger partial charge in [0.1, 0.15) is 0 Å². The fraction of sp³-hybridized carbons (Fsp3) is 0.684. The van der Waals surface area contributed by atoms with E-state index >= 15 is 0 Å². The summed E-state index contributed by atoms with van der Waals surface area (Å²) in [4.78, 5) is 2.59. The molecule has 2 aliphatic heterocycles. The Balaban J connectivity index is 1.49. The molecule has 6 heteroatoms. The molecule has 0 radical (unpaired) electrons. The van der Waals surface area contributed by atoms with Gasteiger partial charge in [0, 0.05) is 24.7 Å². The molecule has 4 nitrogen and oxygen atoms in total. The van der Waals surface area contributed by atoms with Crippen LogP contribution in [-0.2, 0) is 15.8 Å². The summed E-state index contributed by atoms with van der Waals surface area (Å²) in [5.74, 6) is 0.709.